The van der Waals surface area contributed by atoms with Crippen LogP contribution in [-0.4, -0.2) is 43.0 Å². The maximum atomic E-state index is 12.1. The Morgan fingerprint density at radius 2 is 1.83 bits per heavy atom. The molecule has 0 aliphatic carbocycles. The summed E-state index contributed by atoms with van der Waals surface area (Å²) in [6.07, 6.45) is 0. The molecule has 2 aromatic carbocycles. The first-order valence-electron chi connectivity index (χ1n) is 8.89. The fraction of sp³-hybridized carbons (Fsp3) is 0.250. The summed E-state index contributed by atoms with van der Waals surface area (Å²) in [5.74, 6) is -2.00. The number of nitro groups is 1. The zero-order chi connectivity index (χ0) is 22.1. The van der Waals surface area contributed by atoms with Gasteiger partial charge in [-0.3, -0.25) is 24.5 Å². The number of nitrogens with one attached hydrogen (secondary N) is 2. The van der Waals surface area contributed by atoms with Gasteiger partial charge < -0.3 is 20.1 Å². The summed E-state index contributed by atoms with van der Waals surface area (Å²) >= 11 is 0. The summed E-state index contributed by atoms with van der Waals surface area (Å²) in [5, 5.41) is 15.9. The highest BCUT2D eigenvalue weighted by Crippen LogP contribution is 2.27. The van der Waals surface area contributed by atoms with Crippen molar-refractivity contribution in [3.05, 3.63) is 69.3 Å². The lowest BCUT2D eigenvalue weighted by Crippen LogP contribution is -2.33. The van der Waals surface area contributed by atoms with E-state index in [4.69, 9.17) is 9.47 Å². The molecule has 0 bridgehead atoms. The van der Waals surface area contributed by atoms with Crippen molar-refractivity contribution >= 4 is 23.5 Å². The molecule has 0 saturated carbocycles. The van der Waals surface area contributed by atoms with Crippen molar-refractivity contribution in [3.63, 3.8) is 0 Å². The first-order chi connectivity index (χ1) is 14.3. The van der Waals surface area contributed by atoms with Gasteiger partial charge >= 0.3 is 11.7 Å². The third kappa shape index (κ3) is 6.30. The molecule has 0 saturated heterocycles. The number of ether oxygens (including phenoxy) is 2. The monoisotopic (exact) mass is 415 g/mol. The van der Waals surface area contributed by atoms with Crippen LogP contribution in [-0.2, 0) is 20.9 Å². The molecule has 2 aromatic rings. The normalized spacial score (nSPS) is 10.1. The van der Waals surface area contributed by atoms with Crippen molar-refractivity contribution < 1.29 is 28.8 Å². The molecule has 0 unspecified atom stereocenters. The summed E-state index contributed by atoms with van der Waals surface area (Å²) in [7, 11) is 1.27. The Morgan fingerprint density at radius 1 is 1.10 bits per heavy atom. The van der Waals surface area contributed by atoms with Gasteiger partial charge in [0.25, 0.3) is 11.8 Å². The lowest BCUT2D eigenvalue weighted by Gasteiger charge is -2.09. The molecule has 0 aliphatic rings. The average molecular weight is 415 g/mol. The van der Waals surface area contributed by atoms with E-state index in [1.54, 1.807) is 0 Å². The highest BCUT2D eigenvalue weighted by Gasteiger charge is 2.18. The van der Waals surface area contributed by atoms with Gasteiger partial charge in [-0.25, -0.2) is 0 Å². The zero-order valence-corrected chi connectivity index (χ0v) is 16.5. The number of rotatable bonds is 9. The maximum absolute atomic E-state index is 12.1. The van der Waals surface area contributed by atoms with Gasteiger partial charge in [0, 0.05) is 18.2 Å². The number of nitro benzene ring substituents is 1. The Morgan fingerprint density at radius 3 is 2.50 bits per heavy atom. The number of aryl methyl sites for hydroxylation is 1. The van der Waals surface area contributed by atoms with E-state index in [1.165, 1.54) is 19.2 Å². The van der Waals surface area contributed by atoms with Crippen LogP contribution in [0.25, 0.3) is 0 Å². The van der Waals surface area contributed by atoms with Crippen molar-refractivity contribution in [1.82, 2.24) is 10.6 Å². The number of amides is 2. The van der Waals surface area contributed by atoms with Gasteiger partial charge in [0.2, 0.25) is 0 Å². The largest absolute Gasteiger partial charge is 0.490 e. The van der Waals surface area contributed by atoms with Gasteiger partial charge in [-0.05, 0) is 30.2 Å². The highest BCUT2D eigenvalue weighted by molar-refractivity contribution is 5.96. The highest BCUT2D eigenvalue weighted by atomic mass is 16.6. The minimum Gasteiger partial charge on any atom is -0.490 e. The van der Waals surface area contributed by atoms with Crippen LogP contribution in [0.5, 0.6) is 5.75 Å². The molecule has 0 fully saturated rings. The lowest BCUT2D eigenvalue weighted by atomic mass is 10.1. The van der Waals surface area contributed by atoms with E-state index in [0.29, 0.717) is 6.54 Å². The predicted molar refractivity (Wildman–Crippen MR) is 106 cm³/mol. The minimum absolute atomic E-state index is 0.00710. The summed E-state index contributed by atoms with van der Waals surface area (Å²) in [4.78, 5) is 46.0. The number of benzene rings is 2. The summed E-state index contributed by atoms with van der Waals surface area (Å²) in [6, 6.07) is 11.2. The van der Waals surface area contributed by atoms with Gasteiger partial charge in [-0.15, -0.1) is 0 Å². The van der Waals surface area contributed by atoms with E-state index in [0.717, 1.165) is 17.2 Å². The smallest absolute Gasteiger partial charge is 0.325 e. The zero-order valence-electron chi connectivity index (χ0n) is 16.5. The number of hydrogen-bond donors (Lipinski definition) is 2. The predicted octanol–water partition coefficient (Wildman–Crippen LogP) is 1.50. The SMILES string of the molecule is COc1ccc(C(=O)NCC(=O)OCC(=O)NCc2ccccc2C)cc1[N+](=O)[O-]. The Kier molecular flexibility index (Phi) is 7.86. The molecule has 2 amide bonds. The number of hydrogen-bond acceptors (Lipinski definition) is 7. The van der Waals surface area contributed by atoms with Crippen molar-refractivity contribution in [2.75, 3.05) is 20.3 Å². The molecule has 10 heteroatoms. The number of carbonyl (C=O) groups is 3. The van der Waals surface area contributed by atoms with E-state index in [2.05, 4.69) is 10.6 Å². The second kappa shape index (κ2) is 10.6. The fourth-order valence-corrected chi connectivity index (χ4v) is 2.48. The van der Waals surface area contributed by atoms with Crippen molar-refractivity contribution in [3.8, 4) is 5.75 Å². The molecule has 2 rings (SSSR count). The van der Waals surface area contributed by atoms with Crippen LogP contribution in [0, 0.1) is 17.0 Å². The first kappa shape index (κ1) is 22.3. The molecule has 2 N–H and O–H groups in total. The molecule has 0 radical (unpaired) electrons. The summed E-state index contributed by atoms with van der Waals surface area (Å²) in [5.41, 5.74) is 1.57. The van der Waals surface area contributed by atoms with E-state index in [9.17, 15) is 24.5 Å². The number of carbonyl (C=O) groups excluding carboxylic acids is 3. The molecule has 0 heterocycles. The third-order valence-corrected chi connectivity index (χ3v) is 4.13. The van der Waals surface area contributed by atoms with Crippen LogP contribution in [0.2, 0.25) is 0 Å². The maximum Gasteiger partial charge on any atom is 0.325 e. The number of methoxy groups -OCH3 is 1. The Balaban J connectivity index is 1.78. The van der Waals surface area contributed by atoms with Crippen LogP contribution in [0.1, 0.15) is 21.5 Å². The van der Waals surface area contributed by atoms with Gasteiger partial charge in [0.1, 0.15) is 6.54 Å². The second-order valence-electron chi connectivity index (χ2n) is 6.19. The minimum atomic E-state index is -0.822. The van der Waals surface area contributed by atoms with Crippen LogP contribution in [0.4, 0.5) is 5.69 Å². The van der Waals surface area contributed by atoms with Crippen molar-refractivity contribution in [2.24, 2.45) is 0 Å². The van der Waals surface area contributed by atoms with E-state index in [1.807, 2.05) is 31.2 Å². The first-order valence-corrected chi connectivity index (χ1v) is 8.89. The molecule has 30 heavy (non-hydrogen) atoms. The van der Waals surface area contributed by atoms with E-state index >= 15 is 0 Å². The summed E-state index contributed by atoms with van der Waals surface area (Å²) in [6.45, 7) is 1.23. The fourth-order valence-electron chi connectivity index (χ4n) is 2.48. The Labute approximate surface area is 172 Å². The van der Waals surface area contributed by atoms with Gasteiger partial charge in [0.15, 0.2) is 12.4 Å². The standard InChI is InChI=1S/C20H21N3O7/c1-13-5-3-4-6-15(13)10-21-18(24)12-30-19(25)11-22-20(26)14-7-8-17(29-2)16(9-14)23(27)28/h3-9H,10-12H2,1-2H3,(H,21,24)(H,22,26). The molecule has 0 aromatic heterocycles. The molecular formula is C20H21N3O7. The Bertz CT molecular complexity index is 959. The van der Waals surface area contributed by atoms with Crippen LogP contribution >= 0.6 is 0 Å². The Hall–Kier alpha value is -3.95. The average Bonchev–Trinajstić information content (AvgIpc) is 2.74. The molecule has 158 valence electrons. The van der Waals surface area contributed by atoms with Gasteiger partial charge in [0.05, 0.1) is 12.0 Å². The molecule has 0 aliphatic heterocycles. The van der Waals surface area contributed by atoms with Gasteiger partial charge in [-0.2, -0.15) is 0 Å². The van der Waals surface area contributed by atoms with Crippen LogP contribution < -0.4 is 15.4 Å². The van der Waals surface area contributed by atoms with Gasteiger partial charge in [-0.1, -0.05) is 24.3 Å². The van der Waals surface area contributed by atoms with Crippen LogP contribution in [0.15, 0.2) is 42.5 Å². The van der Waals surface area contributed by atoms with Crippen LogP contribution in [0.3, 0.4) is 0 Å². The van der Waals surface area contributed by atoms with E-state index < -0.39 is 35.9 Å². The second-order valence-corrected chi connectivity index (χ2v) is 6.19. The van der Waals surface area contributed by atoms with E-state index in [-0.39, 0.29) is 17.0 Å². The third-order valence-electron chi connectivity index (χ3n) is 4.13. The van der Waals surface area contributed by atoms with Crippen molar-refractivity contribution in [1.29, 1.82) is 0 Å². The topological polar surface area (TPSA) is 137 Å². The lowest BCUT2D eigenvalue weighted by molar-refractivity contribution is -0.385. The quantitative estimate of drug-likeness (QED) is 0.360. The molecular weight excluding hydrogens is 394 g/mol. The summed E-state index contributed by atoms with van der Waals surface area (Å²) < 4.78 is 9.68. The van der Waals surface area contributed by atoms with Crippen molar-refractivity contribution in [2.45, 2.75) is 13.5 Å². The molecule has 0 spiro atoms. The number of nitrogens with zero attached hydrogens (tertiary/aromatic N) is 1. The molecule has 10 nitrogen and oxygen atoms in total. The number of esters is 1. The molecule has 0 atom stereocenters.